The molecule has 0 aliphatic carbocycles. The third-order valence-electron chi connectivity index (χ3n) is 4.29. The molecule has 5 nitrogen and oxygen atoms in total. The summed E-state index contributed by atoms with van der Waals surface area (Å²) in [6, 6.07) is 3.64. The topological polar surface area (TPSA) is 51.9 Å². The zero-order valence-electron chi connectivity index (χ0n) is 13.3. The van der Waals surface area contributed by atoms with Gasteiger partial charge in [-0.3, -0.25) is 9.69 Å². The summed E-state index contributed by atoms with van der Waals surface area (Å²) in [5, 5.41) is 0.618. The van der Waals surface area contributed by atoms with E-state index in [9.17, 15) is 4.79 Å². The SMILES string of the molecule is COc1ccc2c(=O)c(C)c(C)oc2c1CN1CCOCC1. The number of benzene rings is 1. The minimum absolute atomic E-state index is 0.0321. The number of rotatable bonds is 3. The van der Waals surface area contributed by atoms with E-state index in [0.717, 1.165) is 37.6 Å². The quantitative estimate of drug-likeness (QED) is 0.870. The van der Waals surface area contributed by atoms with Crippen LogP contribution in [0.4, 0.5) is 0 Å². The Kier molecular flexibility index (Phi) is 4.18. The van der Waals surface area contributed by atoms with Gasteiger partial charge in [0.05, 0.1) is 31.3 Å². The highest BCUT2D eigenvalue weighted by Gasteiger charge is 2.19. The first-order valence-electron chi connectivity index (χ1n) is 7.52. The molecule has 1 aromatic heterocycles. The minimum atomic E-state index is 0.0321. The van der Waals surface area contributed by atoms with Crippen molar-refractivity contribution in [3.63, 3.8) is 0 Å². The van der Waals surface area contributed by atoms with Crippen LogP contribution in [-0.2, 0) is 11.3 Å². The first kappa shape index (κ1) is 15.1. The molecule has 0 saturated carbocycles. The van der Waals surface area contributed by atoms with Gasteiger partial charge in [0.1, 0.15) is 17.1 Å². The van der Waals surface area contributed by atoms with Gasteiger partial charge in [0.25, 0.3) is 0 Å². The van der Waals surface area contributed by atoms with Gasteiger partial charge in [-0.15, -0.1) is 0 Å². The Balaban J connectivity index is 2.14. The predicted octanol–water partition coefficient (Wildman–Crippen LogP) is 2.25. The third-order valence-corrected chi connectivity index (χ3v) is 4.29. The van der Waals surface area contributed by atoms with Crippen LogP contribution in [0.1, 0.15) is 16.9 Å². The van der Waals surface area contributed by atoms with Gasteiger partial charge in [-0.2, -0.15) is 0 Å². The van der Waals surface area contributed by atoms with Crippen LogP contribution in [0.2, 0.25) is 0 Å². The Labute approximate surface area is 129 Å². The van der Waals surface area contributed by atoms with Gasteiger partial charge in [0, 0.05) is 25.2 Å². The van der Waals surface area contributed by atoms with Crippen molar-refractivity contribution in [2.24, 2.45) is 0 Å². The first-order chi connectivity index (χ1) is 10.6. The molecule has 0 spiro atoms. The van der Waals surface area contributed by atoms with Gasteiger partial charge in [0.2, 0.25) is 0 Å². The summed E-state index contributed by atoms with van der Waals surface area (Å²) < 4.78 is 16.8. The van der Waals surface area contributed by atoms with Gasteiger partial charge in [0.15, 0.2) is 5.43 Å². The summed E-state index contributed by atoms with van der Waals surface area (Å²) in [5.74, 6) is 1.42. The Morgan fingerprint density at radius 2 is 1.95 bits per heavy atom. The summed E-state index contributed by atoms with van der Waals surface area (Å²) in [5.41, 5.74) is 2.26. The predicted molar refractivity (Wildman–Crippen MR) is 84.6 cm³/mol. The largest absolute Gasteiger partial charge is 0.496 e. The molecule has 2 heterocycles. The lowest BCUT2D eigenvalue weighted by molar-refractivity contribution is 0.0339. The fraction of sp³-hybridized carbons (Fsp3) is 0.471. The zero-order chi connectivity index (χ0) is 15.7. The second kappa shape index (κ2) is 6.10. The Bertz CT molecular complexity index is 744. The van der Waals surface area contributed by atoms with Crippen molar-refractivity contribution >= 4 is 11.0 Å². The molecule has 1 aliphatic rings. The third kappa shape index (κ3) is 2.62. The molecule has 3 rings (SSSR count). The Morgan fingerprint density at radius 3 is 2.64 bits per heavy atom. The lowest BCUT2D eigenvalue weighted by atomic mass is 10.1. The van der Waals surface area contributed by atoms with Crippen molar-refractivity contribution < 1.29 is 13.9 Å². The van der Waals surface area contributed by atoms with Crippen LogP contribution in [0.25, 0.3) is 11.0 Å². The second-order valence-corrected chi connectivity index (χ2v) is 5.62. The van der Waals surface area contributed by atoms with Gasteiger partial charge in [-0.1, -0.05) is 0 Å². The van der Waals surface area contributed by atoms with E-state index in [-0.39, 0.29) is 5.43 Å². The molecule has 0 atom stereocenters. The minimum Gasteiger partial charge on any atom is -0.496 e. The van der Waals surface area contributed by atoms with Crippen molar-refractivity contribution in [3.8, 4) is 5.75 Å². The molecule has 1 aliphatic heterocycles. The normalized spacial score (nSPS) is 16.1. The van der Waals surface area contributed by atoms with Crippen LogP contribution in [-0.4, -0.2) is 38.3 Å². The number of methoxy groups -OCH3 is 1. The van der Waals surface area contributed by atoms with Gasteiger partial charge in [-0.25, -0.2) is 0 Å². The van der Waals surface area contributed by atoms with E-state index < -0.39 is 0 Å². The van der Waals surface area contributed by atoms with E-state index in [1.807, 2.05) is 13.0 Å². The lowest BCUT2D eigenvalue weighted by Crippen LogP contribution is -2.35. The highest BCUT2D eigenvalue weighted by molar-refractivity contribution is 5.82. The standard InChI is InChI=1S/C17H21NO4/c1-11-12(2)22-17-13(16(11)19)4-5-15(20-3)14(17)10-18-6-8-21-9-7-18/h4-5H,6-10H2,1-3H3. The molecular formula is C17H21NO4. The molecule has 22 heavy (non-hydrogen) atoms. The molecule has 5 heteroatoms. The molecule has 0 bridgehead atoms. The average Bonchev–Trinajstić information content (AvgIpc) is 2.54. The summed E-state index contributed by atoms with van der Waals surface area (Å²) in [4.78, 5) is 14.7. The number of hydrogen-bond acceptors (Lipinski definition) is 5. The lowest BCUT2D eigenvalue weighted by Gasteiger charge is -2.27. The molecule has 2 aromatic rings. The van der Waals surface area contributed by atoms with Crippen molar-refractivity contribution in [2.45, 2.75) is 20.4 Å². The molecule has 1 fully saturated rings. The highest BCUT2D eigenvalue weighted by Crippen LogP contribution is 2.29. The number of morpholine rings is 1. The number of hydrogen-bond donors (Lipinski definition) is 0. The van der Waals surface area contributed by atoms with Crippen molar-refractivity contribution in [1.82, 2.24) is 4.90 Å². The molecule has 0 radical (unpaired) electrons. The van der Waals surface area contributed by atoms with E-state index in [4.69, 9.17) is 13.9 Å². The maximum absolute atomic E-state index is 12.5. The van der Waals surface area contributed by atoms with Crippen LogP contribution in [0.5, 0.6) is 5.75 Å². The van der Waals surface area contributed by atoms with Crippen LogP contribution in [0.15, 0.2) is 21.3 Å². The van der Waals surface area contributed by atoms with Crippen LogP contribution < -0.4 is 10.2 Å². The van der Waals surface area contributed by atoms with Crippen molar-refractivity contribution in [3.05, 3.63) is 39.2 Å². The van der Waals surface area contributed by atoms with E-state index in [1.165, 1.54) is 0 Å². The Hall–Kier alpha value is -1.85. The summed E-state index contributed by atoms with van der Waals surface area (Å²) >= 11 is 0. The van der Waals surface area contributed by atoms with E-state index in [2.05, 4.69) is 4.90 Å². The highest BCUT2D eigenvalue weighted by atomic mass is 16.5. The molecule has 0 amide bonds. The van der Waals surface area contributed by atoms with E-state index >= 15 is 0 Å². The molecule has 1 aromatic carbocycles. The van der Waals surface area contributed by atoms with Gasteiger partial charge < -0.3 is 13.9 Å². The molecule has 0 unspecified atom stereocenters. The maximum atomic E-state index is 12.5. The van der Waals surface area contributed by atoms with E-state index in [1.54, 1.807) is 20.1 Å². The van der Waals surface area contributed by atoms with Crippen molar-refractivity contribution in [2.75, 3.05) is 33.4 Å². The van der Waals surface area contributed by atoms with Crippen LogP contribution >= 0.6 is 0 Å². The van der Waals surface area contributed by atoms with Gasteiger partial charge in [-0.05, 0) is 26.0 Å². The van der Waals surface area contributed by atoms with Crippen molar-refractivity contribution in [1.29, 1.82) is 0 Å². The molecular weight excluding hydrogens is 282 g/mol. The summed E-state index contributed by atoms with van der Waals surface area (Å²) in [6.45, 7) is 7.52. The number of ether oxygens (including phenoxy) is 2. The first-order valence-corrected chi connectivity index (χ1v) is 7.52. The zero-order valence-corrected chi connectivity index (χ0v) is 13.3. The summed E-state index contributed by atoms with van der Waals surface area (Å²) in [7, 11) is 1.64. The second-order valence-electron chi connectivity index (χ2n) is 5.62. The van der Waals surface area contributed by atoms with Crippen LogP contribution in [0, 0.1) is 13.8 Å². The van der Waals surface area contributed by atoms with E-state index in [0.29, 0.717) is 28.8 Å². The van der Waals surface area contributed by atoms with Crippen LogP contribution in [0.3, 0.4) is 0 Å². The average molecular weight is 303 g/mol. The summed E-state index contributed by atoms with van der Waals surface area (Å²) in [6.07, 6.45) is 0. The smallest absolute Gasteiger partial charge is 0.195 e. The monoisotopic (exact) mass is 303 g/mol. The molecule has 0 N–H and O–H groups in total. The molecule has 118 valence electrons. The maximum Gasteiger partial charge on any atom is 0.195 e. The Morgan fingerprint density at radius 1 is 1.23 bits per heavy atom. The number of fused-ring (bicyclic) bond motifs is 1. The molecule has 1 saturated heterocycles. The van der Waals surface area contributed by atoms with Gasteiger partial charge >= 0.3 is 0 Å². The number of aryl methyl sites for hydroxylation is 1. The number of nitrogens with zero attached hydrogens (tertiary/aromatic N) is 1. The fourth-order valence-corrected chi connectivity index (χ4v) is 2.82. The fourth-order valence-electron chi connectivity index (χ4n) is 2.82.